The minimum atomic E-state index is 0.591. The Bertz CT molecular complexity index is 821. The van der Waals surface area contributed by atoms with E-state index < -0.39 is 0 Å². The molecule has 0 N–H and O–H groups in total. The van der Waals surface area contributed by atoms with Gasteiger partial charge in [-0.2, -0.15) is 5.10 Å². The van der Waals surface area contributed by atoms with Crippen molar-refractivity contribution in [2.45, 2.75) is 32.6 Å². The average Bonchev–Trinajstić information content (AvgIpc) is 3.04. The van der Waals surface area contributed by atoms with Gasteiger partial charge in [0.05, 0.1) is 19.3 Å². The van der Waals surface area contributed by atoms with Crippen LogP contribution >= 0.6 is 11.3 Å². The molecule has 1 heterocycles. The molecule has 1 aliphatic rings. The Morgan fingerprint density at radius 3 is 2.80 bits per heavy atom. The van der Waals surface area contributed by atoms with Crippen molar-refractivity contribution < 1.29 is 4.74 Å². The first kappa shape index (κ1) is 17.7. The highest BCUT2D eigenvalue weighted by Crippen LogP contribution is 2.30. The highest BCUT2D eigenvalue weighted by Gasteiger charge is 2.16. The van der Waals surface area contributed by atoms with Crippen LogP contribution < -0.4 is 9.54 Å². The third kappa shape index (κ3) is 4.10. The van der Waals surface area contributed by atoms with Gasteiger partial charge in [0.2, 0.25) is 4.80 Å². The smallest absolute Gasteiger partial charge is 0.206 e. The van der Waals surface area contributed by atoms with E-state index >= 15 is 0 Å². The average molecular weight is 356 g/mol. The number of thiazole rings is 1. The number of hydrogen-bond donors (Lipinski definition) is 0. The Kier molecular flexibility index (Phi) is 5.87. The monoisotopic (exact) mass is 355 g/mol. The number of methoxy groups -OCH3 is 1. The third-order valence-electron chi connectivity index (χ3n) is 4.52. The molecule has 1 fully saturated rings. The van der Waals surface area contributed by atoms with Gasteiger partial charge in [0, 0.05) is 16.7 Å². The lowest BCUT2D eigenvalue weighted by Gasteiger charge is -2.19. The van der Waals surface area contributed by atoms with Crippen LogP contribution in [0.5, 0.6) is 5.75 Å². The predicted octanol–water partition coefficient (Wildman–Crippen LogP) is 4.73. The molecule has 0 amide bonds. The van der Waals surface area contributed by atoms with Crippen molar-refractivity contribution in [2.75, 3.05) is 13.7 Å². The van der Waals surface area contributed by atoms with Crippen LogP contribution in [0.2, 0.25) is 0 Å². The van der Waals surface area contributed by atoms with Gasteiger partial charge in [0.25, 0.3) is 0 Å². The maximum Gasteiger partial charge on any atom is 0.206 e. The van der Waals surface area contributed by atoms with Crippen molar-refractivity contribution in [1.29, 1.82) is 0 Å². The van der Waals surface area contributed by atoms with E-state index in [0.717, 1.165) is 40.6 Å². The summed E-state index contributed by atoms with van der Waals surface area (Å²) in [4.78, 5) is 5.52. The molecular weight excluding hydrogens is 330 g/mol. The van der Waals surface area contributed by atoms with Gasteiger partial charge < -0.3 is 4.74 Å². The normalized spacial score (nSPS) is 18.2. The van der Waals surface area contributed by atoms with Gasteiger partial charge in [-0.3, -0.25) is 4.99 Å². The van der Waals surface area contributed by atoms with Crippen LogP contribution in [0.15, 0.2) is 52.4 Å². The summed E-state index contributed by atoms with van der Waals surface area (Å²) in [6.07, 6.45) is 6.37. The molecule has 1 aliphatic carbocycles. The molecule has 0 saturated heterocycles. The topological polar surface area (TPSA) is 38.9 Å². The minimum absolute atomic E-state index is 0.591. The zero-order chi connectivity index (χ0) is 17.6. The molecule has 0 bridgehead atoms. The molecular formula is C20H25N3OS. The van der Waals surface area contributed by atoms with E-state index in [1.165, 1.54) is 18.6 Å². The number of hydrogen-bond acceptors (Lipinski definition) is 4. The number of aromatic nitrogens is 1. The Morgan fingerprint density at radius 2 is 2.08 bits per heavy atom. The molecule has 0 unspecified atom stereocenters. The quantitative estimate of drug-likeness (QED) is 0.715. The zero-order valence-electron chi connectivity index (χ0n) is 14.9. The summed E-state index contributed by atoms with van der Waals surface area (Å²) in [6, 6.07) is 8.05. The standard InChI is InChI=1S/C20H25N3OS/c1-4-13-21-20-23(22-16-11-9-15(2)10-12-16)18(14-25-20)17-7-5-6-8-19(17)24-3/h4-8,14-15H,1,9-13H2,2-3H3. The molecule has 4 nitrogen and oxygen atoms in total. The summed E-state index contributed by atoms with van der Waals surface area (Å²) in [5.41, 5.74) is 3.32. The second kappa shape index (κ2) is 8.30. The zero-order valence-corrected chi connectivity index (χ0v) is 15.8. The second-order valence-electron chi connectivity index (χ2n) is 6.39. The largest absolute Gasteiger partial charge is 0.496 e. The van der Waals surface area contributed by atoms with E-state index in [1.54, 1.807) is 18.4 Å². The summed E-state index contributed by atoms with van der Waals surface area (Å²) in [5, 5.41) is 7.08. The van der Waals surface area contributed by atoms with E-state index in [1.807, 2.05) is 29.0 Å². The minimum Gasteiger partial charge on any atom is -0.496 e. The van der Waals surface area contributed by atoms with E-state index in [2.05, 4.69) is 29.9 Å². The third-order valence-corrected chi connectivity index (χ3v) is 5.37. The number of rotatable bonds is 5. The van der Waals surface area contributed by atoms with Crippen LogP contribution in [-0.4, -0.2) is 24.0 Å². The predicted molar refractivity (Wildman–Crippen MR) is 105 cm³/mol. The maximum absolute atomic E-state index is 5.55. The summed E-state index contributed by atoms with van der Waals surface area (Å²) >= 11 is 1.61. The molecule has 2 aromatic rings. The van der Waals surface area contributed by atoms with Gasteiger partial charge in [0.1, 0.15) is 5.75 Å². The molecule has 1 saturated carbocycles. The van der Waals surface area contributed by atoms with Gasteiger partial charge in [-0.05, 0) is 43.7 Å². The Labute approximate surface area is 153 Å². The molecule has 132 valence electrons. The fourth-order valence-corrected chi connectivity index (χ4v) is 3.86. The Hall–Kier alpha value is -2.14. The van der Waals surface area contributed by atoms with Crippen molar-refractivity contribution in [1.82, 2.24) is 4.68 Å². The summed E-state index contributed by atoms with van der Waals surface area (Å²) in [6.45, 7) is 6.68. The first-order valence-corrected chi connectivity index (χ1v) is 9.63. The maximum atomic E-state index is 5.55. The summed E-state index contributed by atoms with van der Waals surface area (Å²) < 4.78 is 7.53. The first-order valence-electron chi connectivity index (χ1n) is 8.75. The van der Waals surface area contributed by atoms with Gasteiger partial charge in [-0.15, -0.1) is 17.9 Å². The number of ether oxygens (including phenoxy) is 1. The van der Waals surface area contributed by atoms with E-state index in [-0.39, 0.29) is 0 Å². The molecule has 5 heteroatoms. The lowest BCUT2D eigenvalue weighted by atomic mass is 9.90. The van der Waals surface area contributed by atoms with Crippen LogP contribution in [0.4, 0.5) is 0 Å². The summed E-state index contributed by atoms with van der Waals surface area (Å²) in [7, 11) is 1.70. The molecule has 0 spiro atoms. The van der Waals surface area contributed by atoms with E-state index in [0.29, 0.717) is 6.54 Å². The Balaban J connectivity index is 2.09. The highest BCUT2D eigenvalue weighted by atomic mass is 32.1. The molecule has 1 aromatic heterocycles. The van der Waals surface area contributed by atoms with Gasteiger partial charge in [-0.1, -0.05) is 25.1 Å². The van der Waals surface area contributed by atoms with Crippen molar-refractivity contribution in [3.8, 4) is 17.0 Å². The van der Waals surface area contributed by atoms with Crippen molar-refractivity contribution >= 4 is 17.0 Å². The van der Waals surface area contributed by atoms with Crippen molar-refractivity contribution in [2.24, 2.45) is 16.0 Å². The van der Waals surface area contributed by atoms with E-state index in [9.17, 15) is 0 Å². The van der Waals surface area contributed by atoms with Gasteiger partial charge in [-0.25, -0.2) is 4.68 Å². The highest BCUT2D eigenvalue weighted by molar-refractivity contribution is 7.07. The first-order chi connectivity index (χ1) is 12.2. The lowest BCUT2D eigenvalue weighted by Crippen LogP contribution is -2.18. The van der Waals surface area contributed by atoms with Crippen molar-refractivity contribution in [3.63, 3.8) is 0 Å². The fraction of sp³-hybridized carbons (Fsp3) is 0.400. The molecule has 0 atom stereocenters. The lowest BCUT2D eigenvalue weighted by molar-refractivity contribution is 0.416. The van der Waals surface area contributed by atoms with Crippen LogP contribution in [0.1, 0.15) is 32.6 Å². The summed E-state index contributed by atoms with van der Waals surface area (Å²) in [5.74, 6) is 1.65. The van der Waals surface area contributed by atoms with Crippen LogP contribution in [0.3, 0.4) is 0 Å². The van der Waals surface area contributed by atoms with Crippen molar-refractivity contribution in [3.05, 3.63) is 47.1 Å². The molecule has 3 rings (SSSR count). The van der Waals surface area contributed by atoms with Gasteiger partial charge in [0.15, 0.2) is 0 Å². The number of nitrogens with zero attached hydrogens (tertiary/aromatic N) is 3. The fourth-order valence-electron chi connectivity index (χ4n) is 3.03. The van der Waals surface area contributed by atoms with Gasteiger partial charge >= 0.3 is 0 Å². The molecule has 1 aromatic carbocycles. The molecule has 0 aliphatic heterocycles. The number of para-hydroxylation sites is 1. The molecule has 25 heavy (non-hydrogen) atoms. The van der Waals surface area contributed by atoms with Crippen LogP contribution in [0.25, 0.3) is 11.3 Å². The van der Waals surface area contributed by atoms with Crippen LogP contribution in [-0.2, 0) is 0 Å². The second-order valence-corrected chi connectivity index (χ2v) is 7.23. The number of benzene rings is 1. The SMILES string of the molecule is C=CCN=c1scc(-c2ccccc2OC)n1N=C1CCC(C)CC1. The Morgan fingerprint density at radius 1 is 1.32 bits per heavy atom. The van der Waals surface area contributed by atoms with Crippen LogP contribution in [0, 0.1) is 5.92 Å². The molecule has 0 radical (unpaired) electrons. The van der Waals surface area contributed by atoms with E-state index in [4.69, 9.17) is 9.84 Å².